The van der Waals surface area contributed by atoms with Gasteiger partial charge in [0, 0.05) is 31.5 Å². The molecule has 0 spiro atoms. The maximum Gasteiger partial charge on any atom is 0.427 e. The molecule has 0 aliphatic carbocycles. The maximum absolute atomic E-state index is 12.9. The zero-order valence-corrected chi connectivity index (χ0v) is 17.1. The van der Waals surface area contributed by atoms with E-state index in [0.717, 1.165) is 31.4 Å². The van der Waals surface area contributed by atoms with Crippen LogP contribution in [-0.4, -0.2) is 51.0 Å². The van der Waals surface area contributed by atoms with Crippen molar-refractivity contribution in [3.8, 4) is 11.5 Å². The van der Waals surface area contributed by atoms with E-state index in [1.807, 2.05) is 12.5 Å². The normalized spacial score (nSPS) is 17.5. The highest BCUT2D eigenvalue weighted by Gasteiger charge is 2.34. The van der Waals surface area contributed by atoms with E-state index in [4.69, 9.17) is 5.73 Å². The molecule has 152 valence electrons. The van der Waals surface area contributed by atoms with Crippen molar-refractivity contribution in [2.75, 3.05) is 30.5 Å². The Morgan fingerprint density at radius 3 is 2.71 bits per heavy atom. The van der Waals surface area contributed by atoms with Crippen molar-refractivity contribution in [3.05, 3.63) is 29.5 Å². The molecule has 2 N–H and O–H groups in total. The van der Waals surface area contributed by atoms with Gasteiger partial charge in [-0.05, 0) is 31.4 Å². The molecule has 6 nitrogen and oxygen atoms in total. The number of nitrogens with zero attached hydrogens (tertiary/aromatic N) is 5. The number of rotatable bonds is 2. The molecule has 0 amide bonds. The van der Waals surface area contributed by atoms with Crippen LogP contribution < -0.4 is 10.6 Å². The van der Waals surface area contributed by atoms with Crippen molar-refractivity contribution >= 4 is 33.9 Å². The van der Waals surface area contributed by atoms with E-state index < -0.39 is 11.1 Å². The smallest absolute Gasteiger partial charge is 0.355 e. The molecule has 3 aromatic rings. The lowest BCUT2D eigenvalue weighted by Crippen LogP contribution is -2.43. The Morgan fingerprint density at radius 2 is 2.04 bits per heavy atom. The van der Waals surface area contributed by atoms with Crippen LogP contribution in [0.15, 0.2) is 24.7 Å². The summed E-state index contributed by atoms with van der Waals surface area (Å²) in [4.78, 5) is 14.4. The number of halogens is 3. The van der Waals surface area contributed by atoms with Gasteiger partial charge < -0.3 is 10.6 Å². The molecule has 1 saturated heterocycles. The molecule has 1 atom stereocenters. The first-order valence-corrected chi connectivity index (χ1v) is 11.1. The lowest BCUT2D eigenvalue weighted by atomic mass is 10.1. The Bertz CT molecular complexity index is 923. The summed E-state index contributed by atoms with van der Waals surface area (Å²) in [5.74, 6) is 1.07. The minimum Gasteiger partial charge on any atom is -0.355 e. The predicted molar refractivity (Wildman–Crippen MR) is 108 cm³/mol. The summed E-state index contributed by atoms with van der Waals surface area (Å²) >= 11 is 2.35. The topological polar surface area (TPSA) is 72.3 Å². The van der Waals surface area contributed by atoms with Gasteiger partial charge in [-0.25, -0.2) is 15.0 Å². The van der Waals surface area contributed by atoms with E-state index in [2.05, 4.69) is 19.9 Å². The van der Waals surface area contributed by atoms with Crippen LogP contribution in [0, 0.1) is 0 Å². The van der Waals surface area contributed by atoms with Crippen LogP contribution in [0.5, 0.6) is 0 Å². The summed E-state index contributed by atoms with van der Waals surface area (Å²) in [6, 6.07) is 1.88. The van der Waals surface area contributed by atoms with Crippen LogP contribution in [0.2, 0.25) is 0 Å². The number of nitrogens with two attached hydrogens (primary N) is 1. The summed E-state index contributed by atoms with van der Waals surface area (Å²) in [5, 5.41) is 0. The summed E-state index contributed by atoms with van der Waals surface area (Å²) in [6.07, 6.45) is 5.79. The molecule has 1 aliphatic rings. The molecule has 4 rings (SSSR count). The number of anilines is 1. The Balaban J connectivity index is 0.000000706. The van der Waals surface area contributed by atoms with E-state index in [-0.39, 0.29) is 11.0 Å². The number of aromatic nitrogens is 4. The van der Waals surface area contributed by atoms with Gasteiger partial charge in [-0.2, -0.15) is 24.9 Å². The molecule has 0 radical (unpaired) electrons. The monoisotopic (exact) mass is 430 g/mol. The Hall–Kier alpha value is -1.85. The second kappa shape index (κ2) is 8.66. The molecule has 1 fully saturated rings. The number of alkyl halides is 3. The third-order valence-electron chi connectivity index (χ3n) is 4.14. The molecule has 0 bridgehead atoms. The Kier molecular flexibility index (Phi) is 6.46. The molecular formula is C17H21F3N6S2. The lowest BCUT2D eigenvalue weighted by molar-refractivity contribution is -0.134. The van der Waals surface area contributed by atoms with Gasteiger partial charge in [0.15, 0.2) is 10.8 Å². The van der Waals surface area contributed by atoms with Crippen LogP contribution in [0.1, 0.15) is 17.7 Å². The summed E-state index contributed by atoms with van der Waals surface area (Å²) < 4.78 is 40.1. The minimum atomic E-state index is -4.39. The number of hydrogen-bond donors (Lipinski definition) is 1. The fourth-order valence-electron chi connectivity index (χ4n) is 2.95. The largest absolute Gasteiger partial charge is 0.427 e. The van der Waals surface area contributed by atoms with E-state index >= 15 is 0 Å². The van der Waals surface area contributed by atoms with E-state index in [1.165, 1.54) is 10.6 Å². The highest BCUT2D eigenvalue weighted by molar-refractivity contribution is 7.97. The molecule has 3 aromatic heterocycles. The van der Waals surface area contributed by atoms with Gasteiger partial charge in [0.1, 0.15) is 16.4 Å². The van der Waals surface area contributed by atoms with Gasteiger partial charge in [0.25, 0.3) is 0 Å². The fourth-order valence-corrected chi connectivity index (χ4v) is 3.77. The first-order valence-electron chi connectivity index (χ1n) is 8.61. The summed E-state index contributed by atoms with van der Waals surface area (Å²) in [7, 11) is 0. The van der Waals surface area contributed by atoms with Crippen LogP contribution >= 0.6 is 23.1 Å². The molecule has 1 unspecified atom stereocenters. The van der Waals surface area contributed by atoms with Gasteiger partial charge in [0.05, 0.1) is 6.20 Å². The van der Waals surface area contributed by atoms with Crippen molar-refractivity contribution in [3.63, 3.8) is 0 Å². The van der Waals surface area contributed by atoms with Gasteiger partial charge in [-0.3, -0.25) is 4.40 Å². The maximum atomic E-state index is 12.9. The van der Waals surface area contributed by atoms with Crippen molar-refractivity contribution in [2.45, 2.75) is 25.1 Å². The van der Waals surface area contributed by atoms with Crippen LogP contribution in [-0.2, 0) is 6.18 Å². The molecule has 11 heteroatoms. The standard InChI is InChI=1S/C15H15F3N6S.C2H6S/c16-15(17,18)11-8-24-10(6-21-14(24)25-11)13-20-4-3-12(22-13)23-5-1-2-9(19)7-23;1-3-2/h3-4,6,8-9H,1-2,5,7,19H2;1-2H3. The number of fused-ring (bicyclic) bond motifs is 1. The van der Waals surface area contributed by atoms with Crippen molar-refractivity contribution in [2.24, 2.45) is 5.73 Å². The van der Waals surface area contributed by atoms with Crippen LogP contribution in [0.25, 0.3) is 16.5 Å². The first-order chi connectivity index (χ1) is 13.3. The first kappa shape index (κ1) is 20.9. The zero-order chi connectivity index (χ0) is 20.3. The number of thioether (sulfide) groups is 1. The second-order valence-electron chi connectivity index (χ2n) is 6.38. The predicted octanol–water partition coefficient (Wildman–Crippen LogP) is 3.78. The van der Waals surface area contributed by atoms with Gasteiger partial charge in [-0.1, -0.05) is 11.3 Å². The van der Waals surface area contributed by atoms with Gasteiger partial charge >= 0.3 is 6.18 Å². The number of thiazole rings is 1. The van der Waals surface area contributed by atoms with Crippen molar-refractivity contribution in [1.82, 2.24) is 19.4 Å². The summed E-state index contributed by atoms with van der Waals surface area (Å²) in [5.41, 5.74) is 6.44. The van der Waals surface area contributed by atoms with Crippen LogP contribution in [0.3, 0.4) is 0 Å². The van der Waals surface area contributed by atoms with Gasteiger partial charge in [-0.15, -0.1) is 0 Å². The quantitative estimate of drug-likeness (QED) is 0.667. The molecule has 4 heterocycles. The molecule has 28 heavy (non-hydrogen) atoms. The number of imidazole rings is 1. The highest BCUT2D eigenvalue weighted by Crippen LogP contribution is 2.36. The van der Waals surface area contributed by atoms with Crippen molar-refractivity contribution < 1.29 is 13.2 Å². The average molecular weight is 431 g/mol. The SMILES string of the molecule is CSC.NC1CCCN(c2ccnc(-c3cnc4sc(C(F)(F)F)cn34)n2)C1. The summed E-state index contributed by atoms with van der Waals surface area (Å²) in [6.45, 7) is 1.55. The van der Waals surface area contributed by atoms with E-state index in [0.29, 0.717) is 29.4 Å². The average Bonchev–Trinajstić information content (AvgIpc) is 3.23. The Morgan fingerprint density at radius 1 is 1.29 bits per heavy atom. The van der Waals surface area contributed by atoms with Crippen molar-refractivity contribution in [1.29, 1.82) is 0 Å². The minimum absolute atomic E-state index is 0.0973. The molecular weight excluding hydrogens is 409 g/mol. The van der Waals surface area contributed by atoms with E-state index in [9.17, 15) is 13.2 Å². The van der Waals surface area contributed by atoms with Gasteiger partial charge in [0.2, 0.25) is 0 Å². The third kappa shape index (κ3) is 4.58. The fraction of sp³-hybridized carbons (Fsp3) is 0.471. The van der Waals surface area contributed by atoms with Crippen LogP contribution in [0.4, 0.5) is 19.0 Å². The second-order valence-corrected chi connectivity index (χ2v) is 8.21. The molecule has 1 aliphatic heterocycles. The zero-order valence-electron chi connectivity index (χ0n) is 15.5. The number of piperidine rings is 1. The molecule has 0 saturated carbocycles. The third-order valence-corrected chi connectivity index (χ3v) is 5.18. The van der Waals surface area contributed by atoms with E-state index in [1.54, 1.807) is 24.0 Å². The Labute approximate surface area is 169 Å². The molecule has 0 aromatic carbocycles. The lowest BCUT2D eigenvalue weighted by Gasteiger charge is -2.31. The number of hydrogen-bond acceptors (Lipinski definition) is 7. The highest BCUT2D eigenvalue weighted by atomic mass is 32.2.